The van der Waals surface area contributed by atoms with Crippen molar-refractivity contribution in [2.75, 3.05) is 27.8 Å². The van der Waals surface area contributed by atoms with Crippen LogP contribution in [-0.2, 0) is 11.8 Å². The van der Waals surface area contributed by atoms with Crippen LogP contribution in [0.25, 0.3) is 0 Å². The fourth-order valence-electron chi connectivity index (χ4n) is 2.55. The Hall–Kier alpha value is -2.58. The molecular formula is C17H24N4O4. The van der Waals surface area contributed by atoms with Crippen LogP contribution in [0.5, 0.6) is 11.5 Å². The van der Waals surface area contributed by atoms with Gasteiger partial charge in [0.25, 0.3) is 0 Å². The molecule has 0 spiro atoms. The number of aliphatic hydroxyl groups is 1. The van der Waals surface area contributed by atoms with Crippen LogP contribution >= 0.6 is 0 Å². The lowest BCUT2D eigenvalue weighted by atomic mass is 10.1. The number of aliphatic hydroxyl groups excluding tert-OH is 1. The average molecular weight is 348 g/mol. The van der Waals surface area contributed by atoms with E-state index in [1.54, 1.807) is 56.5 Å². The summed E-state index contributed by atoms with van der Waals surface area (Å²) in [6.07, 6.45) is 2.46. The Balaban J connectivity index is 2.05. The number of amides is 1. The van der Waals surface area contributed by atoms with Gasteiger partial charge in [0.15, 0.2) is 0 Å². The number of aromatic nitrogens is 2. The number of carbonyl (C=O) groups excluding carboxylic acids is 1. The first-order chi connectivity index (χ1) is 12.0. The summed E-state index contributed by atoms with van der Waals surface area (Å²) in [7, 11) is 6.55. The normalized spacial score (nSPS) is 13.2. The summed E-state index contributed by atoms with van der Waals surface area (Å²) in [5.41, 5.74) is 1.29. The molecule has 0 aliphatic heterocycles. The zero-order valence-corrected chi connectivity index (χ0v) is 14.8. The first kappa shape index (κ1) is 18.8. The van der Waals surface area contributed by atoms with Crippen molar-refractivity contribution in [3.05, 3.63) is 41.7 Å². The predicted octanol–water partition coefficient (Wildman–Crippen LogP) is 0.548. The minimum Gasteiger partial charge on any atom is -0.497 e. The zero-order valence-electron chi connectivity index (χ0n) is 14.8. The highest BCUT2D eigenvalue weighted by Gasteiger charge is 2.22. The van der Waals surface area contributed by atoms with Crippen molar-refractivity contribution in [2.45, 2.75) is 12.1 Å². The Morgan fingerprint density at radius 2 is 2.12 bits per heavy atom. The van der Waals surface area contributed by atoms with Crippen molar-refractivity contribution >= 4 is 5.91 Å². The fourth-order valence-corrected chi connectivity index (χ4v) is 2.55. The minimum atomic E-state index is -0.930. The largest absolute Gasteiger partial charge is 0.497 e. The summed E-state index contributed by atoms with van der Waals surface area (Å²) in [5.74, 6) is 0.876. The van der Waals surface area contributed by atoms with E-state index in [0.29, 0.717) is 17.1 Å². The van der Waals surface area contributed by atoms with E-state index in [1.165, 1.54) is 7.11 Å². The molecular weight excluding hydrogens is 324 g/mol. The van der Waals surface area contributed by atoms with Gasteiger partial charge in [0.1, 0.15) is 17.5 Å². The number of benzene rings is 1. The number of likely N-dealkylation sites (N-methyl/N-ethyl adjacent to an activating group) is 1. The molecule has 0 saturated heterocycles. The maximum absolute atomic E-state index is 12.4. The third-order valence-electron chi connectivity index (χ3n) is 3.87. The van der Waals surface area contributed by atoms with Gasteiger partial charge in [-0.25, -0.2) is 0 Å². The van der Waals surface area contributed by atoms with Crippen molar-refractivity contribution in [1.29, 1.82) is 0 Å². The van der Waals surface area contributed by atoms with Gasteiger partial charge in [0.05, 0.1) is 26.5 Å². The first-order valence-corrected chi connectivity index (χ1v) is 7.83. The van der Waals surface area contributed by atoms with Crippen molar-refractivity contribution in [3.8, 4) is 11.5 Å². The van der Waals surface area contributed by atoms with Gasteiger partial charge in [-0.3, -0.25) is 9.48 Å². The van der Waals surface area contributed by atoms with Gasteiger partial charge in [-0.05, 0) is 25.2 Å². The minimum absolute atomic E-state index is 0.0425. The maximum atomic E-state index is 12.4. The second-order valence-electron chi connectivity index (χ2n) is 5.54. The van der Waals surface area contributed by atoms with Crippen LogP contribution in [0.2, 0.25) is 0 Å². The number of rotatable bonds is 8. The summed E-state index contributed by atoms with van der Waals surface area (Å²) in [6.45, 7) is 0.0425. The first-order valence-electron chi connectivity index (χ1n) is 7.83. The Morgan fingerprint density at radius 1 is 1.36 bits per heavy atom. The van der Waals surface area contributed by atoms with Crippen LogP contribution in [0.4, 0.5) is 0 Å². The van der Waals surface area contributed by atoms with Crippen LogP contribution in [0.1, 0.15) is 23.3 Å². The standard InChI is InChI=1S/C17H24N4O4/c1-18-16(11-8-20-21(2)10-11)17(23)19-9-14(22)13-7-12(24-3)5-6-15(13)25-4/h5-8,10,14,16,18,22H,9H2,1-4H3,(H,19,23). The molecule has 0 fully saturated rings. The Kier molecular flexibility index (Phi) is 6.37. The lowest BCUT2D eigenvalue weighted by Crippen LogP contribution is -2.38. The quantitative estimate of drug-likeness (QED) is 0.644. The van der Waals surface area contributed by atoms with Gasteiger partial charge in [-0.1, -0.05) is 0 Å². The summed E-state index contributed by atoms with van der Waals surface area (Å²) in [5, 5.41) is 20.2. The third kappa shape index (κ3) is 4.49. The molecule has 1 aromatic carbocycles. The van der Waals surface area contributed by atoms with E-state index in [2.05, 4.69) is 15.7 Å². The van der Waals surface area contributed by atoms with E-state index < -0.39 is 12.1 Å². The second kappa shape index (κ2) is 8.50. The molecule has 25 heavy (non-hydrogen) atoms. The highest BCUT2D eigenvalue weighted by Crippen LogP contribution is 2.29. The predicted molar refractivity (Wildman–Crippen MR) is 92.5 cm³/mol. The maximum Gasteiger partial charge on any atom is 0.241 e. The number of aryl methyl sites for hydroxylation is 1. The molecule has 136 valence electrons. The van der Waals surface area contributed by atoms with Crippen LogP contribution in [-0.4, -0.2) is 48.6 Å². The molecule has 0 saturated carbocycles. The summed E-state index contributed by atoms with van der Waals surface area (Å²) in [6, 6.07) is 4.60. The Bertz CT molecular complexity index is 716. The molecule has 8 nitrogen and oxygen atoms in total. The zero-order chi connectivity index (χ0) is 18.4. The molecule has 8 heteroatoms. The van der Waals surface area contributed by atoms with E-state index in [4.69, 9.17) is 9.47 Å². The molecule has 1 amide bonds. The smallest absolute Gasteiger partial charge is 0.241 e. The van der Waals surface area contributed by atoms with Gasteiger partial charge < -0.3 is 25.2 Å². The average Bonchev–Trinajstić information content (AvgIpc) is 3.05. The van der Waals surface area contributed by atoms with E-state index in [9.17, 15) is 9.90 Å². The fraction of sp³-hybridized carbons (Fsp3) is 0.412. The lowest BCUT2D eigenvalue weighted by molar-refractivity contribution is -0.123. The van der Waals surface area contributed by atoms with Crippen LogP contribution in [0.3, 0.4) is 0 Å². The highest BCUT2D eigenvalue weighted by atomic mass is 16.5. The molecule has 1 heterocycles. The van der Waals surface area contributed by atoms with Gasteiger partial charge in [-0.2, -0.15) is 5.10 Å². The van der Waals surface area contributed by atoms with Gasteiger partial charge in [0, 0.05) is 30.9 Å². The number of nitrogens with one attached hydrogen (secondary N) is 2. The van der Waals surface area contributed by atoms with E-state index in [-0.39, 0.29) is 12.5 Å². The van der Waals surface area contributed by atoms with E-state index in [1.807, 2.05) is 0 Å². The van der Waals surface area contributed by atoms with Crippen LogP contribution < -0.4 is 20.1 Å². The van der Waals surface area contributed by atoms with E-state index in [0.717, 1.165) is 5.56 Å². The van der Waals surface area contributed by atoms with Gasteiger partial charge in [0.2, 0.25) is 5.91 Å². The molecule has 3 N–H and O–H groups in total. The molecule has 0 aliphatic carbocycles. The van der Waals surface area contributed by atoms with Crippen molar-refractivity contribution in [3.63, 3.8) is 0 Å². The summed E-state index contributed by atoms with van der Waals surface area (Å²) >= 11 is 0. The highest BCUT2D eigenvalue weighted by molar-refractivity contribution is 5.83. The number of nitrogens with zero attached hydrogens (tertiary/aromatic N) is 2. The molecule has 2 aromatic rings. The molecule has 1 aromatic heterocycles. The molecule has 0 aliphatic rings. The van der Waals surface area contributed by atoms with E-state index >= 15 is 0 Å². The Morgan fingerprint density at radius 3 is 2.68 bits per heavy atom. The number of carbonyl (C=O) groups is 1. The number of hydrogen-bond acceptors (Lipinski definition) is 6. The summed E-state index contributed by atoms with van der Waals surface area (Å²) < 4.78 is 12.1. The van der Waals surface area contributed by atoms with Gasteiger partial charge >= 0.3 is 0 Å². The molecule has 2 unspecified atom stereocenters. The van der Waals surface area contributed by atoms with Crippen molar-refractivity contribution in [1.82, 2.24) is 20.4 Å². The molecule has 2 rings (SSSR count). The third-order valence-corrected chi connectivity index (χ3v) is 3.87. The topological polar surface area (TPSA) is 97.6 Å². The summed E-state index contributed by atoms with van der Waals surface area (Å²) in [4.78, 5) is 12.4. The van der Waals surface area contributed by atoms with Gasteiger partial charge in [-0.15, -0.1) is 0 Å². The van der Waals surface area contributed by atoms with Crippen LogP contribution in [0.15, 0.2) is 30.6 Å². The van der Waals surface area contributed by atoms with Crippen molar-refractivity contribution in [2.24, 2.45) is 7.05 Å². The second-order valence-corrected chi connectivity index (χ2v) is 5.54. The molecule has 0 radical (unpaired) electrons. The van der Waals surface area contributed by atoms with Crippen LogP contribution in [0, 0.1) is 0 Å². The lowest BCUT2D eigenvalue weighted by Gasteiger charge is -2.19. The van der Waals surface area contributed by atoms with Crippen molar-refractivity contribution < 1.29 is 19.4 Å². The number of methoxy groups -OCH3 is 2. The monoisotopic (exact) mass is 348 g/mol. The number of hydrogen-bond donors (Lipinski definition) is 3. The molecule has 0 bridgehead atoms. The number of ether oxygens (including phenoxy) is 2. The Labute approximate surface area is 146 Å². The molecule has 2 atom stereocenters. The SMILES string of the molecule is CNC(C(=O)NCC(O)c1cc(OC)ccc1OC)c1cnn(C)c1.